The molecular weight excluding hydrogens is 380 g/mol. The van der Waals surface area contributed by atoms with Crippen molar-refractivity contribution >= 4 is 29.0 Å². The number of hydrogen-bond acceptors (Lipinski definition) is 6. The average Bonchev–Trinajstić information content (AvgIpc) is 2.73. The van der Waals surface area contributed by atoms with Crippen LogP contribution in [0.1, 0.15) is 16.1 Å². The van der Waals surface area contributed by atoms with Gasteiger partial charge in [0.05, 0.1) is 19.2 Å². The van der Waals surface area contributed by atoms with Crippen LogP contribution in [0.15, 0.2) is 54.9 Å². The first kappa shape index (κ1) is 19.4. The number of rotatable bonds is 7. The van der Waals surface area contributed by atoms with Gasteiger partial charge >= 0.3 is 0 Å². The molecule has 0 fully saturated rings. The highest BCUT2D eigenvalue weighted by molar-refractivity contribution is 6.32. The van der Waals surface area contributed by atoms with Gasteiger partial charge in [-0.1, -0.05) is 23.7 Å². The number of aromatic nitrogens is 2. The van der Waals surface area contributed by atoms with Gasteiger partial charge in [0.15, 0.2) is 0 Å². The molecule has 3 rings (SSSR count). The third-order valence-electron chi connectivity index (χ3n) is 3.94. The van der Waals surface area contributed by atoms with Crippen LogP contribution in [0.5, 0.6) is 11.5 Å². The van der Waals surface area contributed by atoms with E-state index in [-0.39, 0.29) is 11.6 Å². The van der Waals surface area contributed by atoms with Gasteiger partial charge in [-0.05, 0) is 35.9 Å². The van der Waals surface area contributed by atoms with Crippen LogP contribution in [0.4, 0.5) is 11.5 Å². The van der Waals surface area contributed by atoms with Gasteiger partial charge in [-0.3, -0.25) is 4.79 Å². The van der Waals surface area contributed by atoms with E-state index in [0.717, 1.165) is 11.3 Å². The number of nitrogens with zero attached hydrogens (tertiary/aromatic N) is 2. The van der Waals surface area contributed by atoms with Crippen LogP contribution < -0.4 is 20.1 Å². The molecule has 0 saturated carbocycles. The highest BCUT2D eigenvalue weighted by atomic mass is 35.5. The van der Waals surface area contributed by atoms with Gasteiger partial charge in [0.2, 0.25) is 0 Å². The van der Waals surface area contributed by atoms with Crippen molar-refractivity contribution in [3.8, 4) is 11.5 Å². The molecule has 8 heteroatoms. The number of nitrogens with one attached hydrogen (secondary N) is 2. The normalized spacial score (nSPS) is 10.2. The molecule has 0 aliphatic heterocycles. The lowest BCUT2D eigenvalue weighted by Gasteiger charge is -2.09. The number of ether oxygens (including phenoxy) is 2. The molecular formula is C20H19ClN4O3. The second kappa shape index (κ2) is 9.05. The molecule has 2 N–H and O–H groups in total. The first-order valence-corrected chi connectivity index (χ1v) is 8.80. The van der Waals surface area contributed by atoms with Crippen molar-refractivity contribution in [1.82, 2.24) is 9.97 Å². The molecule has 144 valence electrons. The molecule has 0 bridgehead atoms. The maximum atomic E-state index is 12.5. The molecule has 0 unspecified atom stereocenters. The summed E-state index contributed by atoms with van der Waals surface area (Å²) in [5.41, 5.74) is 1.83. The highest BCUT2D eigenvalue weighted by Crippen LogP contribution is 2.27. The van der Waals surface area contributed by atoms with Crippen LogP contribution >= 0.6 is 11.6 Å². The van der Waals surface area contributed by atoms with E-state index in [0.29, 0.717) is 28.8 Å². The fraction of sp³-hybridized carbons (Fsp3) is 0.150. The Labute approximate surface area is 167 Å². The largest absolute Gasteiger partial charge is 0.497 e. The summed E-state index contributed by atoms with van der Waals surface area (Å²) in [5, 5.41) is 6.33. The zero-order chi connectivity index (χ0) is 19.9. The molecule has 0 radical (unpaired) electrons. The number of amides is 1. The van der Waals surface area contributed by atoms with Crippen molar-refractivity contribution in [2.45, 2.75) is 6.54 Å². The molecule has 1 amide bonds. The minimum absolute atomic E-state index is 0.235. The van der Waals surface area contributed by atoms with E-state index in [2.05, 4.69) is 20.6 Å². The van der Waals surface area contributed by atoms with Crippen molar-refractivity contribution in [3.63, 3.8) is 0 Å². The molecule has 0 aliphatic carbocycles. The summed E-state index contributed by atoms with van der Waals surface area (Å²) in [5.74, 6) is 1.51. The van der Waals surface area contributed by atoms with Crippen LogP contribution in [-0.4, -0.2) is 30.1 Å². The van der Waals surface area contributed by atoms with Gasteiger partial charge < -0.3 is 20.1 Å². The molecule has 3 aromatic rings. The molecule has 0 spiro atoms. The van der Waals surface area contributed by atoms with E-state index in [1.54, 1.807) is 31.4 Å². The van der Waals surface area contributed by atoms with E-state index in [1.165, 1.54) is 13.4 Å². The Bertz CT molecular complexity index is 964. The third kappa shape index (κ3) is 4.89. The van der Waals surface area contributed by atoms with Crippen molar-refractivity contribution in [2.75, 3.05) is 24.9 Å². The standard InChI is InChI=1S/C20H19ClN4O3/c1-27-15-6-3-13(4-7-15)11-22-19-10-17(23-12-24-19)20(26)25-14-5-8-18(28-2)16(21)9-14/h3-10,12H,11H2,1-2H3,(H,25,26)(H,22,23,24). The van der Waals surface area contributed by atoms with Gasteiger partial charge in [-0.15, -0.1) is 0 Å². The predicted octanol–water partition coefficient (Wildman–Crippen LogP) is 4.01. The third-order valence-corrected chi connectivity index (χ3v) is 4.24. The summed E-state index contributed by atoms with van der Waals surface area (Å²) in [4.78, 5) is 20.6. The van der Waals surface area contributed by atoms with Crippen molar-refractivity contribution in [3.05, 3.63) is 71.1 Å². The number of carbonyl (C=O) groups excluding carboxylic acids is 1. The van der Waals surface area contributed by atoms with Crippen LogP contribution in [0.3, 0.4) is 0 Å². The monoisotopic (exact) mass is 398 g/mol. The van der Waals surface area contributed by atoms with Gasteiger partial charge in [-0.25, -0.2) is 9.97 Å². The van der Waals surface area contributed by atoms with Crippen LogP contribution in [-0.2, 0) is 6.54 Å². The van der Waals surface area contributed by atoms with E-state index in [1.807, 2.05) is 24.3 Å². The lowest BCUT2D eigenvalue weighted by molar-refractivity contribution is 0.102. The Morgan fingerprint density at radius 1 is 1.04 bits per heavy atom. The Morgan fingerprint density at radius 3 is 2.50 bits per heavy atom. The lowest BCUT2D eigenvalue weighted by atomic mass is 10.2. The van der Waals surface area contributed by atoms with Crippen LogP contribution in [0.2, 0.25) is 5.02 Å². The number of methoxy groups -OCH3 is 2. The molecule has 0 atom stereocenters. The first-order chi connectivity index (χ1) is 13.6. The van der Waals surface area contributed by atoms with Gasteiger partial charge in [0.1, 0.15) is 29.3 Å². The number of benzene rings is 2. The fourth-order valence-electron chi connectivity index (χ4n) is 2.45. The van der Waals surface area contributed by atoms with Crippen molar-refractivity contribution in [1.29, 1.82) is 0 Å². The smallest absolute Gasteiger partial charge is 0.274 e. The second-order valence-electron chi connectivity index (χ2n) is 5.79. The molecule has 1 heterocycles. The first-order valence-electron chi connectivity index (χ1n) is 8.43. The molecule has 7 nitrogen and oxygen atoms in total. The van der Waals surface area contributed by atoms with Crippen molar-refractivity contribution in [2.24, 2.45) is 0 Å². The SMILES string of the molecule is COc1ccc(CNc2cc(C(=O)Nc3ccc(OC)c(Cl)c3)ncn2)cc1. The molecule has 1 aromatic heterocycles. The minimum atomic E-state index is -0.365. The summed E-state index contributed by atoms with van der Waals surface area (Å²) in [6.45, 7) is 0.552. The number of halogens is 1. The fourth-order valence-corrected chi connectivity index (χ4v) is 2.71. The Kier molecular flexibility index (Phi) is 6.29. The lowest BCUT2D eigenvalue weighted by Crippen LogP contribution is -2.14. The van der Waals surface area contributed by atoms with Crippen LogP contribution in [0, 0.1) is 0 Å². The Morgan fingerprint density at radius 2 is 1.82 bits per heavy atom. The zero-order valence-electron chi connectivity index (χ0n) is 15.4. The summed E-state index contributed by atoms with van der Waals surface area (Å²) < 4.78 is 10.2. The summed E-state index contributed by atoms with van der Waals surface area (Å²) >= 11 is 6.08. The second-order valence-corrected chi connectivity index (χ2v) is 6.20. The van der Waals surface area contributed by atoms with Crippen molar-refractivity contribution < 1.29 is 14.3 Å². The van der Waals surface area contributed by atoms with Gasteiger partial charge in [0.25, 0.3) is 5.91 Å². The molecule has 2 aromatic carbocycles. The quantitative estimate of drug-likeness (QED) is 0.625. The van der Waals surface area contributed by atoms with Crippen LogP contribution in [0.25, 0.3) is 0 Å². The number of anilines is 2. The summed E-state index contributed by atoms with van der Waals surface area (Å²) in [7, 11) is 3.15. The number of hydrogen-bond donors (Lipinski definition) is 2. The Balaban J connectivity index is 1.64. The van der Waals surface area contributed by atoms with E-state index in [9.17, 15) is 4.79 Å². The molecule has 28 heavy (non-hydrogen) atoms. The zero-order valence-corrected chi connectivity index (χ0v) is 16.2. The highest BCUT2D eigenvalue weighted by Gasteiger charge is 2.11. The van der Waals surface area contributed by atoms with Gasteiger partial charge in [0, 0.05) is 18.3 Å². The minimum Gasteiger partial charge on any atom is -0.497 e. The maximum absolute atomic E-state index is 12.5. The van der Waals surface area contributed by atoms with E-state index in [4.69, 9.17) is 21.1 Å². The number of carbonyl (C=O) groups is 1. The topological polar surface area (TPSA) is 85.4 Å². The van der Waals surface area contributed by atoms with E-state index >= 15 is 0 Å². The molecule has 0 aliphatic rings. The average molecular weight is 399 g/mol. The predicted molar refractivity (Wildman–Crippen MR) is 108 cm³/mol. The molecule has 0 saturated heterocycles. The van der Waals surface area contributed by atoms with Gasteiger partial charge in [-0.2, -0.15) is 0 Å². The van der Waals surface area contributed by atoms with E-state index < -0.39 is 0 Å². The Hall–Kier alpha value is -3.32. The summed E-state index contributed by atoms with van der Waals surface area (Å²) in [6.07, 6.45) is 1.34. The summed E-state index contributed by atoms with van der Waals surface area (Å²) in [6, 6.07) is 14.3. The maximum Gasteiger partial charge on any atom is 0.274 e.